The Morgan fingerprint density at radius 1 is 1.61 bits per heavy atom. The van der Waals surface area contributed by atoms with Gasteiger partial charge in [0.05, 0.1) is 12.5 Å². The minimum absolute atomic E-state index is 0.192. The van der Waals surface area contributed by atoms with Gasteiger partial charge in [0.25, 0.3) is 5.91 Å². The standard InChI is InChI=1S/C11H16N2O4S/c1-3-7-13(18(2,15)16)8-6-12-11(14)10-5-4-9-17-10/h3-5,9H,1,6-8H2,2H3,(H,12,14). The molecule has 0 aliphatic rings. The van der Waals surface area contributed by atoms with E-state index in [1.807, 2.05) is 0 Å². The maximum absolute atomic E-state index is 11.5. The van der Waals surface area contributed by atoms with E-state index < -0.39 is 10.0 Å². The molecule has 0 unspecified atom stereocenters. The van der Waals surface area contributed by atoms with Crippen LogP contribution in [-0.4, -0.2) is 44.5 Å². The SMILES string of the molecule is C=CCN(CCNC(=O)c1ccco1)S(C)(=O)=O. The molecule has 0 aromatic carbocycles. The van der Waals surface area contributed by atoms with Crippen LogP contribution in [0.3, 0.4) is 0 Å². The predicted octanol–water partition coefficient (Wildman–Crippen LogP) is 0.457. The van der Waals surface area contributed by atoms with Crippen LogP contribution in [0.5, 0.6) is 0 Å². The zero-order valence-corrected chi connectivity index (χ0v) is 10.9. The minimum Gasteiger partial charge on any atom is -0.459 e. The molecule has 1 rings (SSSR count). The number of carbonyl (C=O) groups excluding carboxylic acids is 1. The van der Waals surface area contributed by atoms with Crippen LogP contribution in [0.4, 0.5) is 0 Å². The maximum Gasteiger partial charge on any atom is 0.287 e. The van der Waals surface area contributed by atoms with Gasteiger partial charge in [-0.15, -0.1) is 6.58 Å². The van der Waals surface area contributed by atoms with Gasteiger partial charge in [-0.3, -0.25) is 4.79 Å². The van der Waals surface area contributed by atoms with Gasteiger partial charge in [0.15, 0.2) is 5.76 Å². The molecule has 0 saturated carbocycles. The molecule has 7 heteroatoms. The number of rotatable bonds is 7. The third kappa shape index (κ3) is 4.34. The Morgan fingerprint density at radius 3 is 2.83 bits per heavy atom. The van der Waals surface area contributed by atoms with Crippen molar-refractivity contribution in [3.05, 3.63) is 36.8 Å². The number of hydrogen-bond acceptors (Lipinski definition) is 4. The molecule has 1 heterocycles. The molecule has 0 atom stereocenters. The molecule has 1 N–H and O–H groups in total. The molecular weight excluding hydrogens is 256 g/mol. The van der Waals surface area contributed by atoms with Crippen LogP contribution in [0.15, 0.2) is 35.5 Å². The third-order valence-electron chi connectivity index (χ3n) is 2.19. The second-order valence-electron chi connectivity index (χ2n) is 3.64. The normalized spacial score (nSPS) is 11.4. The first kappa shape index (κ1) is 14.5. The number of sulfonamides is 1. The molecule has 1 aromatic heterocycles. The summed E-state index contributed by atoms with van der Waals surface area (Å²) in [5.74, 6) is -0.170. The monoisotopic (exact) mass is 272 g/mol. The molecule has 0 fully saturated rings. The lowest BCUT2D eigenvalue weighted by molar-refractivity contribution is 0.0924. The van der Waals surface area contributed by atoms with Gasteiger partial charge in [-0.05, 0) is 12.1 Å². The van der Waals surface area contributed by atoms with Crippen molar-refractivity contribution in [2.45, 2.75) is 0 Å². The lowest BCUT2D eigenvalue weighted by Crippen LogP contribution is -2.38. The highest BCUT2D eigenvalue weighted by atomic mass is 32.2. The van der Waals surface area contributed by atoms with E-state index in [4.69, 9.17) is 4.42 Å². The predicted molar refractivity (Wildman–Crippen MR) is 67.7 cm³/mol. The molecule has 1 amide bonds. The number of hydrogen-bond donors (Lipinski definition) is 1. The van der Waals surface area contributed by atoms with Crippen LogP contribution in [0.25, 0.3) is 0 Å². The highest BCUT2D eigenvalue weighted by Crippen LogP contribution is 2.00. The lowest BCUT2D eigenvalue weighted by Gasteiger charge is -2.17. The molecule has 1 aromatic rings. The van der Waals surface area contributed by atoms with E-state index in [1.165, 1.54) is 22.7 Å². The summed E-state index contributed by atoms with van der Waals surface area (Å²) < 4.78 is 28.9. The average molecular weight is 272 g/mol. The number of nitrogens with zero attached hydrogens (tertiary/aromatic N) is 1. The number of nitrogens with one attached hydrogen (secondary N) is 1. The Morgan fingerprint density at radius 2 is 2.33 bits per heavy atom. The van der Waals surface area contributed by atoms with E-state index in [0.29, 0.717) is 0 Å². The van der Waals surface area contributed by atoms with Gasteiger partial charge >= 0.3 is 0 Å². The number of amides is 1. The van der Waals surface area contributed by atoms with Crippen LogP contribution in [-0.2, 0) is 10.0 Å². The Hall–Kier alpha value is -1.60. The molecule has 0 spiro atoms. The molecule has 100 valence electrons. The van der Waals surface area contributed by atoms with Crippen molar-refractivity contribution < 1.29 is 17.6 Å². The van der Waals surface area contributed by atoms with E-state index in [-0.39, 0.29) is 31.3 Å². The van der Waals surface area contributed by atoms with E-state index in [1.54, 1.807) is 6.07 Å². The first-order chi connectivity index (χ1) is 8.45. The van der Waals surface area contributed by atoms with Crippen molar-refractivity contribution in [3.63, 3.8) is 0 Å². The fourth-order valence-electron chi connectivity index (χ4n) is 1.33. The second kappa shape index (κ2) is 6.36. The fraction of sp³-hybridized carbons (Fsp3) is 0.364. The molecule has 0 radical (unpaired) electrons. The smallest absolute Gasteiger partial charge is 0.287 e. The van der Waals surface area contributed by atoms with Gasteiger partial charge in [0, 0.05) is 19.6 Å². The van der Waals surface area contributed by atoms with Crippen LogP contribution in [0, 0.1) is 0 Å². The van der Waals surface area contributed by atoms with Gasteiger partial charge in [0.1, 0.15) is 0 Å². The zero-order chi connectivity index (χ0) is 13.6. The highest BCUT2D eigenvalue weighted by Gasteiger charge is 2.15. The summed E-state index contributed by atoms with van der Waals surface area (Å²) in [6, 6.07) is 3.14. The van der Waals surface area contributed by atoms with E-state index in [0.717, 1.165) is 6.26 Å². The quantitative estimate of drug-likeness (QED) is 0.731. The van der Waals surface area contributed by atoms with Crippen molar-refractivity contribution in [1.29, 1.82) is 0 Å². The highest BCUT2D eigenvalue weighted by molar-refractivity contribution is 7.88. The van der Waals surface area contributed by atoms with Crippen molar-refractivity contribution in [1.82, 2.24) is 9.62 Å². The van der Waals surface area contributed by atoms with Crippen molar-refractivity contribution in [3.8, 4) is 0 Å². The van der Waals surface area contributed by atoms with Crippen LogP contribution < -0.4 is 5.32 Å². The van der Waals surface area contributed by atoms with Gasteiger partial charge in [-0.1, -0.05) is 6.08 Å². The molecule has 0 aliphatic carbocycles. The second-order valence-corrected chi connectivity index (χ2v) is 5.63. The Balaban J connectivity index is 2.44. The van der Waals surface area contributed by atoms with Crippen molar-refractivity contribution in [2.24, 2.45) is 0 Å². The lowest BCUT2D eigenvalue weighted by atomic mass is 10.4. The van der Waals surface area contributed by atoms with Crippen molar-refractivity contribution >= 4 is 15.9 Å². The first-order valence-corrected chi connectivity index (χ1v) is 7.17. The van der Waals surface area contributed by atoms with Crippen LogP contribution in [0.1, 0.15) is 10.6 Å². The van der Waals surface area contributed by atoms with Gasteiger partial charge in [-0.25, -0.2) is 8.42 Å². The summed E-state index contributed by atoms with van der Waals surface area (Å²) in [5.41, 5.74) is 0. The van der Waals surface area contributed by atoms with E-state index in [2.05, 4.69) is 11.9 Å². The van der Waals surface area contributed by atoms with Crippen molar-refractivity contribution in [2.75, 3.05) is 25.9 Å². The summed E-state index contributed by atoms with van der Waals surface area (Å²) in [6.45, 7) is 4.11. The molecular formula is C11H16N2O4S. The topological polar surface area (TPSA) is 79.6 Å². The Bertz CT molecular complexity index is 493. The van der Waals surface area contributed by atoms with Gasteiger partial charge in [0.2, 0.25) is 10.0 Å². The van der Waals surface area contributed by atoms with Crippen LogP contribution >= 0.6 is 0 Å². The molecule has 18 heavy (non-hydrogen) atoms. The van der Waals surface area contributed by atoms with E-state index >= 15 is 0 Å². The Kier molecular flexibility index (Phi) is 5.11. The summed E-state index contributed by atoms with van der Waals surface area (Å²) in [5, 5.41) is 2.57. The van der Waals surface area contributed by atoms with Gasteiger partial charge < -0.3 is 9.73 Å². The zero-order valence-electron chi connectivity index (χ0n) is 10.1. The van der Waals surface area contributed by atoms with E-state index in [9.17, 15) is 13.2 Å². The molecule has 0 saturated heterocycles. The minimum atomic E-state index is -3.29. The summed E-state index contributed by atoms with van der Waals surface area (Å²) in [4.78, 5) is 11.5. The summed E-state index contributed by atoms with van der Waals surface area (Å²) >= 11 is 0. The number of furan rings is 1. The molecule has 0 bridgehead atoms. The number of carbonyl (C=O) groups is 1. The van der Waals surface area contributed by atoms with Gasteiger partial charge in [-0.2, -0.15) is 4.31 Å². The largest absolute Gasteiger partial charge is 0.459 e. The summed E-state index contributed by atoms with van der Waals surface area (Å²) in [6.07, 6.45) is 4.01. The third-order valence-corrected chi connectivity index (χ3v) is 3.46. The average Bonchev–Trinajstić information content (AvgIpc) is 2.79. The first-order valence-electron chi connectivity index (χ1n) is 5.33. The maximum atomic E-state index is 11.5. The molecule has 6 nitrogen and oxygen atoms in total. The Labute approximate surface area is 106 Å². The molecule has 0 aliphatic heterocycles. The van der Waals surface area contributed by atoms with Crippen LogP contribution in [0.2, 0.25) is 0 Å². The fourth-order valence-corrected chi connectivity index (χ4v) is 2.12. The summed E-state index contributed by atoms with van der Waals surface area (Å²) in [7, 11) is -3.29.